The van der Waals surface area contributed by atoms with Crippen LogP contribution in [0.4, 0.5) is 0 Å². The SMILES string of the molecule is CCCNC(c1c(Cl)cnn1CC)C(C)OC. The molecular weight excluding hydrogens is 238 g/mol. The van der Waals surface area contributed by atoms with Crippen LogP contribution in [0.3, 0.4) is 0 Å². The maximum atomic E-state index is 6.22. The normalized spacial score (nSPS) is 14.9. The third kappa shape index (κ3) is 3.44. The highest BCUT2D eigenvalue weighted by Gasteiger charge is 2.24. The summed E-state index contributed by atoms with van der Waals surface area (Å²) in [4.78, 5) is 0. The Hall–Kier alpha value is -0.580. The van der Waals surface area contributed by atoms with E-state index in [9.17, 15) is 0 Å². The fourth-order valence-corrected chi connectivity index (χ4v) is 2.11. The van der Waals surface area contributed by atoms with E-state index >= 15 is 0 Å². The monoisotopic (exact) mass is 259 g/mol. The van der Waals surface area contributed by atoms with Crippen molar-refractivity contribution >= 4 is 11.6 Å². The van der Waals surface area contributed by atoms with Crippen molar-refractivity contribution in [2.75, 3.05) is 13.7 Å². The van der Waals surface area contributed by atoms with Gasteiger partial charge in [0.05, 0.1) is 29.1 Å². The molecule has 5 heteroatoms. The lowest BCUT2D eigenvalue weighted by Gasteiger charge is -2.25. The van der Waals surface area contributed by atoms with Crippen LogP contribution in [-0.2, 0) is 11.3 Å². The molecular formula is C12H22ClN3O. The Balaban J connectivity index is 2.98. The minimum Gasteiger partial charge on any atom is -0.380 e. The molecule has 0 radical (unpaired) electrons. The van der Waals surface area contributed by atoms with Gasteiger partial charge in [-0.15, -0.1) is 0 Å². The second-order valence-electron chi connectivity index (χ2n) is 4.07. The first-order valence-electron chi connectivity index (χ1n) is 6.13. The number of aryl methyl sites for hydroxylation is 1. The van der Waals surface area contributed by atoms with Crippen molar-refractivity contribution in [2.24, 2.45) is 0 Å². The summed E-state index contributed by atoms with van der Waals surface area (Å²) < 4.78 is 7.35. The van der Waals surface area contributed by atoms with E-state index in [0.717, 1.165) is 25.2 Å². The van der Waals surface area contributed by atoms with Crippen molar-refractivity contribution in [1.29, 1.82) is 0 Å². The second-order valence-corrected chi connectivity index (χ2v) is 4.47. The van der Waals surface area contributed by atoms with Crippen molar-refractivity contribution in [2.45, 2.75) is 45.9 Å². The predicted octanol–water partition coefficient (Wildman–Crippen LogP) is 2.63. The van der Waals surface area contributed by atoms with Gasteiger partial charge in [0, 0.05) is 13.7 Å². The van der Waals surface area contributed by atoms with E-state index in [-0.39, 0.29) is 12.1 Å². The van der Waals surface area contributed by atoms with Gasteiger partial charge in [-0.3, -0.25) is 4.68 Å². The van der Waals surface area contributed by atoms with E-state index in [1.807, 2.05) is 11.6 Å². The summed E-state index contributed by atoms with van der Waals surface area (Å²) in [5.41, 5.74) is 1.01. The molecule has 2 atom stereocenters. The second kappa shape index (κ2) is 6.99. The molecule has 1 heterocycles. The Morgan fingerprint density at radius 2 is 2.24 bits per heavy atom. The van der Waals surface area contributed by atoms with E-state index in [0.29, 0.717) is 5.02 Å². The van der Waals surface area contributed by atoms with E-state index in [2.05, 4.69) is 24.3 Å². The molecule has 98 valence electrons. The fraction of sp³-hybridized carbons (Fsp3) is 0.750. The zero-order valence-electron chi connectivity index (χ0n) is 11.0. The van der Waals surface area contributed by atoms with Gasteiger partial charge in [0.1, 0.15) is 0 Å². The third-order valence-electron chi connectivity index (χ3n) is 2.88. The molecule has 1 N–H and O–H groups in total. The molecule has 0 fully saturated rings. The van der Waals surface area contributed by atoms with Crippen molar-refractivity contribution in [3.8, 4) is 0 Å². The molecule has 0 saturated heterocycles. The Morgan fingerprint density at radius 1 is 1.53 bits per heavy atom. The standard InChI is InChI=1S/C12H22ClN3O/c1-5-7-14-11(9(3)17-4)12-10(13)8-15-16(12)6-2/h8-9,11,14H,5-7H2,1-4H3. The smallest absolute Gasteiger partial charge is 0.0835 e. The third-order valence-corrected chi connectivity index (χ3v) is 3.17. The average Bonchev–Trinajstić information content (AvgIpc) is 2.71. The van der Waals surface area contributed by atoms with Crippen LogP contribution >= 0.6 is 11.6 Å². The van der Waals surface area contributed by atoms with E-state index < -0.39 is 0 Å². The van der Waals surface area contributed by atoms with Crippen LogP contribution in [-0.4, -0.2) is 29.5 Å². The Bertz CT molecular complexity index is 340. The Kier molecular flexibility index (Phi) is 5.95. The highest BCUT2D eigenvalue weighted by Crippen LogP contribution is 2.26. The highest BCUT2D eigenvalue weighted by molar-refractivity contribution is 6.31. The summed E-state index contributed by atoms with van der Waals surface area (Å²) in [7, 11) is 1.71. The van der Waals surface area contributed by atoms with Gasteiger partial charge in [-0.25, -0.2) is 0 Å². The molecule has 0 bridgehead atoms. The molecule has 2 unspecified atom stereocenters. The number of hydrogen-bond donors (Lipinski definition) is 1. The lowest BCUT2D eigenvalue weighted by Crippen LogP contribution is -2.34. The largest absolute Gasteiger partial charge is 0.380 e. The van der Waals surface area contributed by atoms with Gasteiger partial charge in [-0.1, -0.05) is 18.5 Å². The number of ether oxygens (including phenoxy) is 1. The molecule has 17 heavy (non-hydrogen) atoms. The van der Waals surface area contributed by atoms with Crippen LogP contribution in [0.5, 0.6) is 0 Å². The van der Waals surface area contributed by atoms with Crippen molar-refractivity contribution in [3.63, 3.8) is 0 Å². The lowest BCUT2D eigenvalue weighted by molar-refractivity contribution is 0.0800. The molecule has 0 spiro atoms. The topological polar surface area (TPSA) is 39.1 Å². The van der Waals surface area contributed by atoms with Crippen LogP contribution in [0.25, 0.3) is 0 Å². The molecule has 1 rings (SSSR count). The molecule has 0 aliphatic heterocycles. The minimum atomic E-state index is 0.0565. The molecule has 0 aliphatic carbocycles. The zero-order valence-corrected chi connectivity index (χ0v) is 11.8. The van der Waals surface area contributed by atoms with Crippen molar-refractivity contribution < 1.29 is 4.74 Å². The number of rotatable bonds is 7. The quantitative estimate of drug-likeness (QED) is 0.818. The summed E-state index contributed by atoms with van der Waals surface area (Å²) in [6, 6.07) is 0.0786. The average molecular weight is 260 g/mol. The first-order valence-corrected chi connectivity index (χ1v) is 6.50. The number of hydrogen-bond acceptors (Lipinski definition) is 3. The molecule has 0 aromatic carbocycles. The fourth-order valence-electron chi connectivity index (χ4n) is 1.85. The molecule has 4 nitrogen and oxygen atoms in total. The summed E-state index contributed by atoms with van der Waals surface area (Å²) in [5, 5.41) is 8.44. The molecule has 0 aliphatic rings. The van der Waals surface area contributed by atoms with Crippen LogP contribution in [0.15, 0.2) is 6.20 Å². The van der Waals surface area contributed by atoms with Crippen LogP contribution in [0, 0.1) is 0 Å². The Morgan fingerprint density at radius 3 is 2.76 bits per heavy atom. The van der Waals surface area contributed by atoms with Crippen molar-refractivity contribution in [1.82, 2.24) is 15.1 Å². The maximum Gasteiger partial charge on any atom is 0.0835 e. The molecule has 1 aromatic heterocycles. The van der Waals surface area contributed by atoms with Gasteiger partial charge >= 0.3 is 0 Å². The molecule has 1 aromatic rings. The summed E-state index contributed by atoms with van der Waals surface area (Å²) >= 11 is 6.22. The minimum absolute atomic E-state index is 0.0565. The molecule has 0 amide bonds. The van der Waals surface area contributed by atoms with Gasteiger partial charge in [-0.2, -0.15) is 5.10 Å². The van der Waals surface area contributed by atoms with Crippen LogP contribution < -0.4 is 5.32 Å². The number of aromatic nitrogens is 2. The first kappa shape index (κ1) is 14.5. The number of methoxy groups -OCH3 is 1. The number of halogens is 1. The van der Waals surface area contributed by atoms with E-state index in [1.165, 1.54) is 0 Å². The maximum absolute atomic E-state index is 6.22. The summed E-state index contributed by atoms with van der Waals surface area (Å²) in [6.45, 7) is 7.98. The van der Waals surface area contributed by atoms with E-state index in [1.54, 1.807) is 13.3 Å². The number of nitrogens with one attached hydrogen (secondary N) is 1. The van der Waals surface area contributed by atoms with E-state index in [4.69, 9.17) is 16.3 Å². The molecule has 0 saturated carbocycles. The van der Waals surface area contributed by atoms with Gasteiger partial charge in [0.15, 0.2) is 0 Å². The number of nitrogens with zero attached hydrogens (tertiary/aromatic N) is 2. The predicted molar refractivity (Wildman–Crippen MR) is 70.4 cm³/mol. The van der Waals surface area contributed by atoms with Gasteiger partial charge in [0.25, 0.3) is 0 Å². The van der Waals surface area contributed by atoms with Gasteiger partial charge in [0.2, 0.25) is 0 Å². The first-order chi connectivity index (χ1) is 8.15. The Labute approximate surface area is 108 Å². The summed E-state index contributed by atoms with van der Waals surface area (Å²) in [6.07, 6.45) is 2.83. The lowest BCUT2D eigenvalue weighted by atomic mass is 10.1. The van der Waals surface area contributed by atoms with Crippen molar-refractivity contribution in [3.05, 3.63) is 16.9 Å². The van der Waals surface area contributed by atoms with Gasteiger partial charge < -0.3 is 10.1 Å². The summed E-state index contributed by atoms with van der Waals surface area (Å²) in [5.74, 6) is 0. The zero-order chi connectivity index (χ0) is 12.8. The van der Waals surface area contributed by atoms with Gasteiger partial charge in [-0.05, 0) is 26.8 Å². The van der Waals surface area contributed by atoms with Crippen LogP contribution in [0.1, 0.15) is 38.9 Å². The van der Waals surface area contributed by atoms with Crippen LogP contribution in [0.2, 0.25) is 5.02 Å². The highest BCUT2D eigenvalue weighted by atomic mass is 35.5.